The summed E-state index contributed by atoms with van der Waals surface area (Å²) in [5, 5.41) is 0. The van der Waals surface area contributed by atoms with Gasteiger partial charge in [-0.1, -0.05) is 29.8 Å². The number of ether oxygens (including phenoxy) is 1. The van der Waals surface area contributed by atoms with Crippen LogP contribution < -0.4 is 4.90 Å². The molecule has 24 heavy (non-hydrogen) atoms. The highest BCUT2D eigenvalue weighted by Crippen LogP contribution is 2.46. The van der Waals surface area contributed by atoms with Crippen LogP contribution in [-0.2, 0) is 21.4 Å². The Morgan fingerprint density at radius 3 is 2.75 bits per heavy atom. The van der Waals surface area contributed by atoms with Crippen LogP contribution in [-0.4, -0.2) is 25.7 Å². The Bertz CT molecular complexity index is 751. The monoisotopic (exact) mass is 361 g/mol. The van der Waals surface area contributed by atoms with E-state index < -0.39 is 0 Å². The average molecular weight is 362 g/mol. The standard InChI is InChI=1S/C19H20ClNO2S/c20-17-7-5-14(24-17)6-8-18(22)21-13-19(9-11-23-12-10-19)15-3-1-2-4-16(15)21/h1-5,7H,6,8-13H2. The van der Waals surface area contributed by atoms with Crippen molar-refractivity contribution in [2.75, 3.05) is 24.7 Å². The number of para-hydroxylation sites is 1. The van der Waals surface area contributed by atoms with Gasteiger partial charge in [-0.05, 0) is 43.0 Å². The van der Waals surface area contributed by atoms with E-state index in [2.05, 4.69) is 18.2 Å². The molecule has 2 aliphatic heterocycles. The predicted octanol–water partition coefficient (Wildman–Crippen LogP) is 4.43. The molecule has 0 bridgehead atoms. The van der Waals surface area contributed by atoms with Crippen LogP contribution in [0.5, 0.6) is 0 Å². The van der Waals surface area contributed by atoms with Gasteiger partial charge in [-0.15, -0.1) is 11.3 Å². The second kappa shape index (κ2) is 6.51. The molecule has 4 rings (SSSR count). The first-order valence-corrected chi connectivity index (χ1v) is 9.59. The Balaban J connectivity index is 1.54. The highest BCUT2D eigenvalue weighted by atomic mass is 35.5. The highest BCUT2D eigenvalue weighted by Gasteiger charge is 2.45. The maximum Gasteiger partial charge on any atom is 0.227 e. The lowest BCUT2D eigenvalue weighted by molar-refractivity contribution is -0.118. The zero-order chi connectivity index (χ0) is 16.6. The SMILES string of the molecule is O=C(CCc1ccc(Cl)s1)N1CC2(CCOCC2)c2ccccc21. The van der Waals surface area contributed by atoms with E-state index in [0.717, 1.165) is 49.0 Å². The number of hydrogen-bond donors (Lipinski definition) is 0. The summed E-state index contributed by atoms with van der Waals surface area (Å²) in [7, 11) is 0. The van der Waals surface area contributed by atoms with Crippen LogP contribution in [0.1, 0.15) is 29.7 Å². The van der Waals surface area contributed by atoms with Crippen molar-refractivity contribution < 1.29 is 9.53 Å². The van der Waals surface area contributed by atoms with Crippen molar-refractivity contribution in [3.8, 4) is 0 Å². The molecule has 0 N–H and O–H groups in total. The van der Waals surface area contributed by atoms with Gasteiger partial charge in [-0.25, -0.2) is 0 Å². The number of carbonyl (C=O) groups excluding carboxylic acids is 1. The number of carbonyl (C=O) groups is 1. The second-order valence-corrected chi connectivity index (χ2v) is 8.40. The molecule has 1 aromatic carbocycles. The van der Waals surface area contributed by atoms with Crippen LogP contribution in [0.4, 0.5) is 5.69 Å². The normalized spacial score (nSPS) is 18.8. The molecule has 1 saturated heterocycles. The van der Waals surface area contributed by atoms with Gasteiger partial charge in [0.1, 0.15) is 0 Å². The molecule has 3 heterocycles. The fourth-order valence-electron chi connectivity index (χ4n) is 3.89. The van der Waals surface area contributed by atoms with E-state index in [1.54, 1.807) is 11.3 Å². The molecule has 0 radical (unpaired) electrons. The topological polar surface area (TPSA) is 29.5 Å². The predicted molar refractivity (Wildman–Crippen MR) is 98.2 cm³/mol. The molecule has 2 aromatic rings. The molecular weight excluding hydrogens is 342 g/mol. The first-order valence-electron chi connectivity index (χ1n) is 8.40. The Kier molecular flexibility index (Phi) is 4.37. The van der Waals surface area contributed by atoms with E-state index in [1.807, 2.05) is 23.1 Å². The zero-order valence-electron chi connectivity index (χ0n) is 13.5. The summed E-state index contributed by atoms with van der Waals surface area (Å²) in [6.07, 6.45) is 3.27. The molecule has 0 aliphatic carbocycles. The van der Waals surface area contributed by atoms with Crippen LogP contribution in [0.3, 0.4) is 0 Å². The molecular formula is C19H20ClNO2S. The molecule has 3 nitrogen and oxygen atoms in total. The van der Waals surface area contributed by atoms with Crippen LogP contribution in [0.25, 0.3) is 0 Å². The first kappa shape index (κ1) is 16.1. The van der Waals surface area contributed by atoms with Crippen molar-refractivity contribution in [1.82, 2.24) is 0 Å². The second-order valence-electron chi connectivity index (χ2n) is 6.60. The summed E-state index contributed by atoms with van der Waals surface area (Å²) in [4.78, 5) is 16.0. The molecule has 126 valence electrons. The summed E-state index contributed by atoms with van der Waals surface area (Å²) in [6, 6.07) is 12.3. The molecule has 0 atom stereocenters. The molecule has 2 aliphatic rings. The lowest BCUT2D eigenvalue weighted by Gasteiger charge is -2.34. The Morgan fingerprint density at radius 1 is 1.21 bits per heavy atom. The summed E-state index contributed by atoms with van der Waals surface area (Å²) in [6.45, 7) is 2.36. The number of halogens is 1. The number of aryl methyl sites for hydroxylation is 1. The number of amides is 1. The molecule has 1 aromatic heterocycles. The minimum atomic E-state index is 0.0801. The van der Waals surface area contributed by atoms with Gasteiger partial charge in [0.25, 0.3) is 0 Å². The molecule has 0 saturated carbocycles. The first-order chi connectivity index (χ1) is 11.7. The van der Waals surface area contributed by atoms with Gasteiger partial charge in [0.2, 0.25) is 5.91 Å². The van der Waals surface area contributed by atoms with E-state index >= 15 is 0 Å². The van der Waals surface area contributed by atoms with Crippen LogP contribution in [0.2, 0.25) is 4.34 Å². The number of fused-ring (bicyclic) bond motifs is 2. The molecule has 5 heteroatoms. The van der Waals surface area contributed by atoms with Crippen molar-refractivity contribution in [3.05, 3.63) is 51.2 Å². The van der Waals surface area contributed by atoms with Gasteiger partial charge >= 0.3 is 0 Å². The third-order valence-electron chi connectivity index (χ3n) is 5.19. The number of rotatable bonds is 3. The number of benzene rings is 1. The number of anilines is 1. The maximum atomic E-state index is 12.9. The van der Waals surface area contributed by atoms with Crippen molar-refractivity contribution >= 4 is 34.5 Å². The van der Waals surface area contributed by atoms with Gasteiger partial charge in [-0.2, -0.15) is 0 Å². The minimum absolute atomic E-state index is 0.0801. The number of thiophene rings is 1. The van der Waals surface area contributed by atoms with Gasteiger partial charge in [-0.3, -0.25) is 4.79 Å². The summed E-state index contributed by atoms with van der Waals surface area (Å²) < 4.78 is 6.34. The van der Waals surface area contributed by atoms with E-state index in [0.29, 0.717) is 6.42 Å². The average Bonchev–Trinajstić information content (AvgIpc) is 3.16. The third-order valence-corrected chi connectivity index (χ3v) is 6.48. The van der Waals surface area contributed by atoms with Crippen LogP contribution in [0.15, 0.2) is 36.4 Å². The fraction of sp³-hybridized carbons (Fsp3) is 0.421. The summed E-state index contributed by atoms with van der Waals surface area (Å²) in [5.41, 5.74) is 2.49. The molecule has 1 spiro atoms. The third kappa shape index (κ3) is 2.87. The van der Waals surface area contributed by atoms with Gasteiger partial charge in [0.05, 0.1) is 4.34 Å². The van der Waals surface area contributed by atoms with Gasteiger partial charge in [0.15, 0.2) is 0 Å². The lowest BCUT2D eigenvalue weighted by Crippen LogP contribution is -2.40. The van der Waals surface area contributed by atoms with E-state index in [1.165, 1.54) is 10.4 Å². The Labute approximate surface area is 151 Å². The van der Waals surface area contributed by atoms with E-state index in [4.69, 9.17) is 16.3 Å². The van der Waals surface area contributed by atoms with Gasteiger partial charge < -0.3 is 9.64 Å². The van der Waals surface area contributed by atoms with E-state index in [-0.39, 0.29) is 11.3 Å². The van der Waals surface area contributed by atoms with Crippen molar-refractivity contribution in [3.63, 3.8) is 0 Å². The van der Waals surface area contributed by atoms with Crippen molar-refractivity contribution in [2.24, 2.45) is 0 Å². The Hall–Kier alpha value is -1.36. The zero-order valence-corrected chi connectivity index (χ0v) is 15.0. The smallest absolute Gasteiger partial charge is 0.227 e. The molecule has 0 unspecified atom stereocenters. The fourth-order valence-corrected chi connectivity index (χ4v) is 4.98. The quantitative estimate of drug-likeness (QED) is 0.809. The van der Waals surface area contributed by atoms with Crippen molar-refractivity contribution in [2.45, 2.75) is 31.1 Å². The Morgan fingerprint density at radius 2 is 2.00 bits per heavy atom. The number of nitrogens with zero attached hydrogens (tertiary/aromatic N) is 1. The summed E-state index contributed by atoms with van der Waals surface area (Å²) in [5.74, 6) is 0.204. The molecule has 1 amide bonds. The highest BCUT2D eigenvalue weighted by molar-refractivity contribution is 7.16. The maximum absolute atomic E-state index is 12.9. The number of hydrogen-bond acceptors (Lipinski definition) is 3. The van der Waals surface area contributed by atoms with Crippen LogP contribution >= 0.6 is 22.9 Å². The molecule has 1 fully saturated rings. The van der Waals surface area contributed by atoms with Crippen LogP contribution in [0, 0.1) is 0 Å². The summed E-state index contributed by atoms with van der Waals surface area (Å²) >= 11 is 7.54. The van der Waals surface area contributed by atoms with Gasteiger partial charge in [0, 0.05) is 42.2 Å². The minimum Gasteiger partial charge on any atom is -0.381 e. The van der Waals surface area contributed by atoms with E-state index in [9.17, 15) is 4.79 Å². The largest absolute Gasteiger partial charge is 0.381 e. The van der Waals surface area contributed by atoms with Crippen molar-refractivity contribution in [1.29, 1.82) is 0 Å². The lowest BCUT2D eigenvalue weighted by atomic mass is 9.76.